The molecule has 2 aromatic heterocycles. The second-order valence-electron chi connectivity index (χ2n) is 3.93. The van der Waals surface area contributed by atoms with Crippen LogP contribution in [0.2, 0.25) is 10.3 Å². The summed E-state index contributed by atoms with van der Waals surface area (Å²) in [7, 11) is 1.52. The molecule has 8 nitrogen and oxygen atoms in total. The van der Waals surface area contributed by atoms with Gasteiger partial charge in [-0.15, -0.1) is 10.2 Å². The molecule has 21 heavy (non-hydrogen) atoms. The molecule has 2 heterocycles. The van der Waals surface area contributed by atoms with Crippen molar-refractivity contribution in [1.29, 1.82) is 0 Å². The number of nitrogens with one attached hydrogen (secondary N) is 2. The summed E-state index contributed by atoms with van der Waals surface area (Å²) >= 11 is 11.5. The molecule has 0 spiro atoms. The lowest BCUT2D eigenvalue weighted by Crippen LogP contribution is -2.23. The van der Waals surface area contributed by atoms with Crippen molar-refractivity contribution in [2.45, 2.75) is 6.54 Å². The maximum Gasteiger partial charge on any atom is 0.259 e. The molecule has 0 aromatic carbocycles. The van der Waals surface area contributed by atoms with Crippen LogP contribution in [0, 0.1) is 0 Å². The normalized spacial score (nSPS) is 10.2. The van der Waals surface area contributed by atoms with E-state index in [0.717, 1.165) is 0 Å². The monoisotopic (exact) mass is 328 g/mol. The Kier molecular flexibility index (Phi) is 4.71. The van der Waals surface area contributed by atoms with E-state index < -0.39 is 5.91 Å². The highest BCUT2D eigenvalue weighted by molar-refractivity contribution is 6.34. The predicted octanol–water partition coefficient (Wildman–Crippen LogP) is 0.978. The second kappa shape index (κ2) is 6.51. The van der Waals surface area contributed by atoms with Crippen molar-refractivity contribution in [2.75, 3.05) is 12.4 Å². The molecule has 0 aliphatic heterocycles. The molecule has 0 fully saturated rings. The van der Waals surface area contributed by atoms with E-state index in [-0.39, 0.29) is 28.3 Å². The zero-order valence-corrected chi connectivity index (χ0v) is 12.3. The minimum Gasteiger partial charge on any atom is -0.358 e. The quantitative estimate of drug-likeness (QED) is 0.870. The molecule has 2 rings (SSSR count). The third-order valence-corrected chi connectivity index (χ3v) is 2.90. The molecule has 10 heteroatoms. The van der Waals surface area contributed by atoms with E-state index in [1.54, 1.807) is 0 Å². The van der Waals surface area contributed by atoms with E-state index in [1.165, 1.54) is 30.2 Å². The average molecular weight is 329 g/mol. The summed E-state index contributed by atoms with van der Waals surface area (Å²) in [6, 6.07) is 1.31. The third kappa shape index (κ3) is 3.89. The highest BCUT2D eigenvalue weighted by Gasteiger charge is 2.14. The number of rotatable bonds is 4. The van der Waals surface area contributed by atoms with Crippen molar-refractivity contribution in [2.24, 2.45) is 0 Å². The van der Waals surface area contributed by atoms with Gasteiger partial charge in [-0.2, -0.15) is 5.10 Å². The molecular weight excluding hydrogens is 319 g/mol. The van der Waals surface area contributed by atoms with Crippen molar-refractivity contribution in [3.8, 4) is 0 Å². The van der Waals surface area contributed by atoms with Crippen LogP contribution in [0.15, 0.2) is 18.5 Å². The second-order valence-corrected chi connectivity index (χ2v) is 4.67. The van der Waals surface area contributed by atoms with Crippen LogP contribution in [0.3, 0.4) is 0 Å². The third-order valence-electron chi connectivity index (χ3n) is 2.44. The predicted molar refractivity (Wildman–Crippen MR) is 76.3 cm³/mol. The van der Waals surface area contributed by atoms with Gasteiger partial charge in [-0.1, -0.05) is 23.2 Å². The summed E-state index contributed by atoms with van der Waals surface area (Å²) < 4.78 is 1.38. The molecule has 2 N–H and O–H groups in total. The Bertz CT molecular complexity index is 687. The van der Waals surface area contributed by atoms with Gasteiger partial charge in [-0.3, -0.25) is 14.3 Å². The van der Waals surface area contributed by atoms with E-state index in [0.29, 0.717) is 5.69 Å². The lowest BCUT2D eigenvalue weighted by molar-refractivity contribution is -0.121. The Morgan fingerprint density at radius 1 is 1.33 bits per heavy atom. The molecule has 0 saturated heterocycles. The number of carbonyl (C=O) groups is 2. The molecule has 2 amide bonds. The Hall–Kier alpha value is -2.19. The van der Waals surface area contributed by atoms with Gasteiger partial charge in [0.1, 0.15) is 6.54 Å². The summed E-state index contributed by atoms with van der Waals surface area (Å²) in [5, 5.41) is 16.0. The van der Waals surface area contributed by atoms with Crippen LogP contribution in [0.25, 0.3) is 0 Å². The lowest BCUT2D eigenvalue weighted by Gasteiger charge is -2.03. The van der Waals surface area contributed by atoms with Crippen molar-refractivity contribution in [3.63, 3.8) is 0 Å². The first-order valence-electron chi connectivity index (χ1n) is 5.72. The molecule has 0 aliphatic rings. The van der Waals surface area contributed by atoms with Gasteiger partial charge in [0.2, 0.25) is 5.91 Å². The van der Waals surface area contributed by atoms with Gasteiger partial charge in [0.15, 0.2) is 10.3 Å². The number of hydrogen-bond donors (Lipinski definition) is 2. The van der Waals surface area contributed by atoms with Gasteiger partial charge in [-0.25, -0.2) is 0 Å². The van der Waals surface area contributed by atoms with Crippen LogP contribution in [-0.2, 0) is 11.3 Å². The minimum atomic E-state index is -0.503. The summed E-state index contributed by atoms with van der Waals surface area (Å²) in [5.74, 6) is -0.708. The van der Waals surface area contributed by atoms with Crippen LogP contribution >= 0.6 is 23.2 Å². The number of halogens is 2. The van der Waals surface area contributed by atoms with Crippen LogP contribution in [0.1, 0.15) is 10.4 Å². The fourth-order valence-corrected chi connectivity index (χ4v) is 1.78. The number of likely N-dealkylation sites (N-methyl/N-ethyl adjacent to an activating group) is 1. The Labute approximate surface area is 129 Å². The maximum absolute atomic E-state index is 12.0. The van der Waals surface area contributed by atoms with Crippen LogP contribution in [0.5, 0.6) is 0 Å². The summed E-state index contributed by atoms with van der Waals surface area (Å²) in [6.45, 7) is 0.0514. The Morgan fingerprint density at radius 3 is 2.81 bits per heavy atom. The largest absolute Gasteiger partial charge is 0.358 e. The Morgan fingerprint density at radius 2 is 2.10 bits per heavy atom. The van der Waals surface area contributed by atoms with E-state index >= 15 is 0 Å². The van der Waals surface area contributed by atoms with Crippen molar-refractivity contribution in [1.82, 2.24) is 25.3 Å². The highest BCUT2D eigenvalue weighted by atomic mass is 35.5. The first kappa shape index (κ1) is 15.2. The molecule has 0 atom stereocenters. The fourth-order valence-electron chi connectivity index (χ4n) is 1.45. The van der Waals surface area contributed by atoms with Gasteiger partial charge in [-0.05, 0) is 6.07 Å². The molecule has 0 unspecified atom stereocenters. The number of aromatic nitrogens is 4. The topological polar surface area (TPSA) is 102 Å². The number of nitrogens with zero attached hydrogens (tertiary/aromatic N) is 4. The van der Waals surface area contributed by atoms with E-state index in [4.69, 9.17) is 23.2 Å². The number of carbonyl (C=O) groups excluding carboxylic acids is 2. The van der Waals surface area contributed by atoms with Crippen LogP contribution < -0.4 is 10.6 Å². The van der Waals surface area contributed by atoms with Crippen molar-refractivity contribution < 1.29 is 9.59 Å². The first-order valence-corrected chi connectivity index (χ1v) is 6.48. The average Bonchev–Trinajstić information content (AvgIpc) is 2.88. The SMILES string of the molecule is CNC(=O)Cn1cc(NC(=O)c2cc(Cl)nnc2Cl)cn1. The lowest BCUT2D eigenvalue weighted by atomic mass is 10.3. The fraction of sp³-hybridized carbons (Fsp3) is 0.182. The summed E-state index contributed by atoms with van der Waals surface area (Å²) in [6.07, 6.45) is 2.92. The molecule has 0 bridgehead atoms. The molecular formula is C11H10Cl2N6O2. The molecule has 0 aliphatic carbocycles. The van der Waals surface area contributed by atoms with Crippen molar-refractivity contribution >= 4 is 40.7 Å². The van der Waals surface area contributed by atoms with Gasteiger partial charge < -0.3 is 10.6 Å². The smallest absolute Gasteiger partial charge is 0.259 e. The molecule has 0 radical (unpaired) electrons. The van der Waals surface area contributed by atoms with Crippen LogP contribution in [-0.4, -0.2) is 38.8 Å². The standard InChI is InChI=1S/C11H10Cl2N6O2/c1-14-9(20)5-19-4-6(3-15-19)16-11(21)7-2-8(12)17-18-10(7)13/h2-4H,5H2,1H3,(H,14,20)(H,16,21). The van der Waals surface area contributed by atoms with E-state index in [2.05, 4.69) is 25.9 Å². The van der Waals surface area contributed by atoms with Gasteiger partial charge in [0, 0.05) is 13.2 Å². The van der Waals surface area contributed by atoms with E-state index in [9.17, 15) is 9.59 Å². The molecule has 0 saturated carbocycles. The number of amides is 2. The van der Waals surface area contributed by atoms with Crippen LogP contribution in [0.4, 0.5) is 5.69 Å². The maximum atomic E-state index is 12.0. The van der Waals surface area contributed by atoms with Gasteiger partial charge in [0.25, 0.3) is 5.91 Å². The zero-order valence-electron chi connectivity index (χ0n) is 10.8. The first-order chi connectivity index (χ1) is 9.99. The van der Waals surface area contributed by atoms with Gasteiger partial charge in [0.05, 0.1) is 17.4 Å². The number of hydrogen-bond acceptors (Lipinski definition) is 5. The van der Waals surface area contributed by atoms with E-state index in [1.807, 2.05) is 0 Å². The zero-order chi connectivity index (χ0) is 15.4. The van der Waals surface area contributed by atoms with Crippen molar-refractivity contribution in [3.05, 3.63) is 34.3 Å². The van der Waals surface area contributed by atoms with Gasteiger partial charge >= 0.3 is 0 Å². The summed E-state index contributed by atoms with van der Waals surface area (Å²) in [5.41, 5.74) is 0.503. The Balaban J connectivity index is 2.09. The number of anilines is 1. The minimum absolute atomic E-state index is 0.0514. The molecule has 110 valence electrons. The summed E-state index contributed by atoms with van der Waals surface area (Å²) in [4.78, 5) is 23.2. The molecule has 2 aromatic rings. The highest BCUT2D eigenvalue weighted by Crippen LogP contribution is 2.17.